The number of hydrogen-bond acceptors (Lipinski definition) is 5. The molecule has 19 heavy (non-hydrogen) atoms. The molecule has 0 aliphatic rings. The Balaban J connectivity index is 2.41. The van der Waals surface area contributed by atoms with Crippen LogP contribution in [0.4, 0.5) is 0 Å². The maximum absolute atomic E-state index is 9.13. The Kier molecular flexibility index (Phi) is 6.62. The topological polar surface area (TPSA) is 71.0 Å². The molecule has 0 radical (unpaired) electrons. The van der Waals surface area contributed by atoms with E-state index in [-0.39, 0.29) is 13.2 Å². The van der Waals surface area contributed by atoms with Gasteiger partial charge in [0, 0.05) is 6.54 Å². The van der Waals surface area contributed by atoms with Crippen LogP contribution in [0.15, 0.2) is 24.3 Å². The molecule has 0 saturated carbocycles. The molecular weight excluding hydrogens is 246 g/mol. The summed E-state index contributed by atoms with van der Waals surface area (Å²) >= 11 is 0. The van der Waals surface area contributed by atoms with Gasteiger partial charge in [0.2, 0.25) is 0 Å². The number of aliphatic hydroxyl groups excluding tert-OH is 2. The fourth-order valence-electron chi connectivity index (χ4n) is 1.52. The van der Waals surface area contributed by atoms with E-state index in [1.165, 1.54) is 0 Å². The zero-order valence-electron chi connectivity index (χ0n) is 11.6. The van der Waals surface area contributed by atoms with E-state index in [9.17, 15) is 0 Å². The third-order valence-electron chi connectivity index (χ3n) is 2.76. The van der Waals surface area contributed by atoms with E-state index in [4.69, 9.17) is 19.7 Å². The molecule has 0 bridgehead atoms. The molecule has 108 valence electrons. The minimum Gasteiger partial charge on any atom is -0.490 e. The minimum absolute atomic E-state index is 0.126. The molecule has 0 aliphatic heterocycles. The summed E-state index contributed by atoms with van der Waals surface area (Å²) in [7, 11) is 0. The first-order valence-electron chi connectivity index (χ1n) is 6.46. The van der Waals surface area contributed by atoms with Gasteiger partial charge in [-0.25, -0.2) is 0 Å². The van der Waals surface area contributed by atoms with Crippen molar-refractivity contribution in [3.63, 3.8) is 0 Å². The molecule has 0 unspecified atom stereocenters. The average molecular weight is 269 g/mol. The van der Waals surface area contributed by atoms with Crippen LogP contribution in [-0.4, -0.2) is 48.7 Å². The van der Waals surface area contributed by atoms with Crippen LogP contribution in [0, 0.1) is 0 Å². The molecule has 1 rings (SSSR count). The maximum atomic E-state index is 9.13. The van der Waals surface area contributed by atoms with E-state index in [2.05, 4.69) is 5.32 Å². The van der Waals surface area contributed by atoms with Gasteiger partial charge in [0.1, 0.15) is 6.61 Å². The largest absolute Gasteiger partial charge is 0.490 e. The van der Waals surface area contributed by atoms with Crippen molar-refractivity contribution in [2.45, 2.75) is 19.4 Å². The molecule has 0 fully saturated rings. The molecule has 0 heterocycles. The fraction of sp³-hybridized carbons (Fsp3) is 0.571. The lowest BCUT2D eigenvalue weighted by Crippen LogP contribution is -2.50. The molecule has 1 aromatic rings. The highest BCUT2D eigenvalue weighted by Gasteiger charge is 2.20. The van der Waals surface area contributed by atoms with Crippen molar-refractivity contribution in [2.24, 2.45) is 0 Å². The van der Waals surface area contributed by atoms with Gasteiger partial charge in [-0.1, -0.05) is 12.1 Å². The molecule has 3 N–H and O–H groups in total. The molecule has 1 aromatic carbocycles. The maximum Gasteiger partial charge on any atom is 0.161 e. The van der Waals surface area contributed by atoms with Gasteiger partial charge >= 0.3 is 0 Å². The molecule has 0 spiro atoms. The smallest absolute Gasteiger partial charge is 0.161 e. The number of rotatable bonds is 9. The zero-order valence-corrected chi connectivity index (χ0v) is 11.6. The van der Waals surface area contributed by atoms with E-state index < -0.39 is 5.54 Å². The summed E-state index contributed by atoms with van der Waals surface area (Å²) in [5.41, 5.74) is -0.678. The van der Waals surface area contributed by atoms with Crippen LogP contribution in [0.3, 0.4) is 0 Å². The summed E-state index contributed by atoms with van der Waals surface area (Å²) < 4.78 is 11.1. The van der Waals surface area contributed by atoms with Crippen LogP contribution >= 0.6 is 0 Å². The van der Waals surface area contributed by atoms with Crippen molar-refractivity contribution in [1.82, 2.24) is 5.32 Å². The Morgan fingerprint density at radius 1 is 1.11 bits per heavy atom. The first-order chi connectivity index (χ1) is 9.15. The zero-order chi connectivity index (χ0) is 14.1. The van der Waals surface area contributed by atoms with Crippen molar-refractivity contribution in [3.05, 3.63) is 24.3 Å². The average Bonchev–Trinajstić information content (AvgIpc) is 2.45. The normalized spacial score (nSPS) is 11.4. The van der Waals surface area contributed by atoms with E-state index in [1.54, 1.807) is 6.92 Å². The highest BCUT2D eigenvalue weighted by atomic mass is 16.5. The SMILES string of the molecule is CCOc1ccccc1OCCNC(C)(CO)CO. The fourth-order valence-corrected chi connectivity index (χ4v) is 1.52. The molecule has 0 atom stereocenters. The molecule has 0 aliphatic carbocycles. The highest BCUT2D eigenvalue weighted by molar-refractivity contribution is 5.39. The number of para-hydroxylation sites is 2. The van der Waals surface area contributed by atoms with E-state index in [0.717, 1.165) is 5.75 Å². The van der Waals surface area contributed by atoms with Crippen molar-refractivity contribution in [1.29, 1.82) is 0 Å². The number of benzene rings is 1. The van der Waals surface area contributed by atoms with Gasteiger partial charge < -0.3 is 25.0 Å². The van der Waals surface area contributed by atoms with Gasteiger partial charge in [-0.15, -0.1) is 0 Å². The van der Waals surface area contributed by atoms with Crippen LogP contribution in [0.5, 0.6) is 11.5 Å². The number of ether oxygens (including phenoxy) is 2. The Labute approximate surface area is 114 Å². The number of hydrogen-bond donors (Lipinski definition) is 3. The van der Waals surface area contributed by atoms with Crippen LogP contribution in [0.2, 0.25) is 0 Å². The van der Waals surface area contributed by atoms with Crippen molar-refractivity contribution < 1.29 is 19.7 Å². The predicted octanol–water partition coefficient (Wildman–Crippen LogP) is 0.797. The van der Waals surface area contributed by atoms with Crippen molar-refractivity contribution >= 4 is 0 Å². The Hall–Kier alpha value is -1.30. The monoisotopic (exact) mass is 269 g/mol. The summed E-state index contributed by atoms with van der Waals surface area (Å²) in [5, 5.41) is 21.3. The van der Waals surface area contributed by atoms with E-state index in [0.29, 0.717) is 25.5 Å². The second kappa shape index (κ2) is 7.99. The molecule has 0 amide bonds. The summed E-state index contributed by atoms with van der Waals surface area (Å²) in [6.45, 7) is 4.97. The van der Waals surface area contributed by atoms with Crippen LogP contribution in [-0.2, 0) is 0 Å². The third-order valence-corrected chi connectivity index (χ3v) is 2.76. The Morgan fingerprint density at radius 3 is 2.21 bits per heavy atom. The van der Waals surface area contributed by atoms with Gasteiger partial charge in [0.05, 0.1) is 25.4 Å². The first kappa shape index (κ1) is 15.8. The number of aliphatic hydroxyl groups is 2. The van der Waals surface area contributed by atoms with E-state index in [1.807, 2.05) is 31.2 Å². The summed E-state index contributed by atoms with van der Waals surface area (Å²) in [6, 6.07) is 7.49. The quantitative estimate of drug-likeness (QED) is 0.578. The molecule has 5 nitrogen and oxygen atoms in total. The lowest BCUT2D eigenvalue weighted by atomic mass is 10.1. The third kappa shape index (κ3) is 5.06. The molecule has 5 heteroatoms. The molecule has 0 aromatic heterocycles. The summed E-state index contributed by atoms with van der Waals surface area (Å²) in [6.07, 6.45) is 0. The van der Waals surface area contributed by atoms with Gasteiger partial charge in [-0.05, 0) is 26.0 Å². The van der Waals surface area contributed by atoms with Crippen LogP contribution < -0.4 is 14.8 Å². The minimum atomic E-state index is -0.678. The standard InChI is InChI=1S/C14H23NO4/c1-3-18-12-6-4-5-7-13(12)19-9-8-15-14(2,10-16)11-17/h4-7,15-17H,3,8-11H2,1-2H3. The lowest BCUT2D eigenvalue weighted by molar-refractivity contribution is 0.100. The summed E-state index contributed by atoms with van der Waals surface area (Å²) in [4.78, 5) is 0. The second-order valence-electron chi connectivity index (χ2n) is 4.53. The number of nitrogens with one attached hydrogen (secondary N) is 1. The van der Waals surface area contributed by atoms with Crippen molar-refractivity contribution in [3.8, 4) is 11.5 Å². The van der Waals surface area contributed by atoms with Crippen LogP contribution in [0.1, 0.15) is 13.8 Å². The summed E-state index contributed by atoms with van der Waals surface area (Å²) in [5.74, 6) is 1.41. The van der Waals surface area contributed by atoms with Gasteiger partial charge in [0.25, 0.3) is 0 Å². The van der Waals surface area contributed by atoms with Gasteiger partial charge in [-0.2, -0.15) is 0 Å². The highest BCUT2D eigenvalue weighted by Crippen LogP contribution is 2.26. The second-order valence-corrected chi connectivity index (χ2v) is 4.53. The van der Waals surface area contributed by atoms with Crippen molar-refractivity contribution in [2.75, 3.05) is 33.0 Å². The molecule has 0 saturated heterocycles. The van der Waals surface area contributed by atoms with Gasteiger partial charge in [0.15, 0.2) is 11.5 Å². The lowest BCUT2D eigenvalue weighted by Gasteiger charge is -2.26. The predicted molar refractivity (Wildman–Crippen MR) is 73.7 cm³/mol. The molecular formula is C14H23NO4. The van der Waals surface area contributed by atoms with E-state index >= 15 is 0 Å². The van der Waals surface area contributed by atoms with Gasteiger partial charge in [-0.3, -0.25) is 0 Å². The first-order valence-corrected chi connectivity index (χ1v) is 6.46. The van der Waals surface area contributed by atoms with Crippen LogP contribution in [0.25, 0.3) is 0 Å². The Bertz CT molecular complexity index is 366. The Morgan fingerprint density at radius 2 is 1.68 bits per heavy atom.